The molecule has 0 radical (unpaired) electrons. The second kappa shape index (κ2) is 6.59. The number of alkyl halides is 3. The maximum absolute atomic E-state index is 12.6. The van der Waals surface area contributed by atoms with Gasteiger partial charge in [-0.3, -0.25) is 4.79 Å². The lowest BCUT2D eigenvalue weighted by molar-refractivity contribution is -0.165. The largest absolute Gasteiger partial charge is 0.406 e. The quantitative estimate of drug-likeness (QED) is 0.860. The van der Waals surface area contributed by atoms with Crippen LogP contribution in [0.2, 0.25) is 0 Å². The Morgan fingerprint density at radius 3 is 2.37 bits per heavy atom. The first-order valence-electron chi connectivity index (χ1n) is 6.82. The summed E-state index contributed by atoms with van der Waals surface area (Å²) < 4.78 is 37.7. The van der Waals surface area contributed by atoms with E-state index in [-0.39, 0.29) is 18.5 Å². The standard InChI is InChI=1S/C13H23F3N2O/c1-9(2)7-18(8-13(14,15)16)12(19)10-5-3-4-6-11(10)17/h9-11H,3-8,17H2,1-2H3. The van der Waals surface area contributed by atoms with Gasteiger partial charge in [0, 0.05) is 12.6 Å². The van der Waals surface area contributed by atoms with Crippen LogP contribution in [0.5, 0.6) is 0 Å². The normalized spacial score (nSPS) is 24.6. The molecule has 0 aliphatic heterocycles. The number of amides is 1. The molecule has 19 heavy (non-hydrogen) atoms. The third-order valence-corrected chi connectivity index (χ3v) is 3.40. The smallest absolute Gasteiger partial charge is 0.333 e. The molecule has 0 aromatic heterocycles. The molecule has 2 unspecified atom stereocenters. The molecule has 2 atom stereocenters. The molecule has 0 bridgehead atoms. The molecular formula is C13H23F3N2O. The van der Waals surface area contributed by atoms with E-state index in [4.69, 9.17) is 5.73 Å². The van der Waals surface area contributed by atoms with E-state index in [1.807, 2.05) is 0 Å². The number of nitrogens with zero attached hydrogens (tertiary/aromatic N) is 1. The Bertz CT molecular complexity index is 305. The molecule has 1 rings (SSSR count). The minimum absolute atomic E-state index is 0.00566. The van der Waals surface area contributed by atoms with Gasteiger partial charge < -0.3 is 10.6 Å². The van der Waals surface area contributed by atoms with Crippen molar-refractivity contribution >= 4 is 5.91 Å². The van der Waals surface area contributed by atoms with Crippen LogP contribution in [0.3, 0.4) is 0 Å². The van der Waals surface area contributed by atoms with Crippen molar-refractivity contribution in [3.05, 3.63) is 0 Å². The van der Waals surface area contributed by atoms with Crippen LogP contribution >= 0.6 is 0 Å². The van der Waals surface area contributed by atoms with Crippen LogP contribution in [0, 0.1) is 11.8 Å². The predicted octanol–water partition coefficient (Wildman–Crippen LogP) is 2.55. The highest BCUT2D eigenvalue weighted by Crippen LogP contribution is 2.27. The zero-order valence-electron chi connectivity index (χ0n) is 11.5. The highest BCUT2D eigenvalue weighted by Gasteiger charge is 2.37. The predicted molar refractivity (Wildman–Crippen MR) is 67.4 cm³/mol. The van der Waals surface area contributed by atoms with Crippen molar-refractivity contribution < 1.29 is 18.0 Å². The minimum Gasteiger partial charge on any atom is -0.333 e. The van der Waals surface area contributed by atoms with Gasteiger partial charge in [0.2, 0.25) is 5.91 Å². The number of carbonyl (C=O) groups excluding carboxylic acids is 1. The third-order valence-electron chi connectivity index (χ3n) is 3.40. The fraction of sp³-hybridized carbons (Fsp3) is 0.923. The molecule has 3 nitrogen and oxygen atoms in total. The molecule has 1 fully saturated rings. The Morgan fingerprint density at radius 1 is 1.32 bits per heavy atom. The number of hydrogen-bond acceptors (Lipinski definition) is 2. The van der Waals surface area contributed by atoms with Crippen LogP contribution in [-0.2, 0) is 4.79 Å². The Hall–Kier alpha value is -0.780. The molecule has 2 N–H and O–H groups in total. The van der Waals surface area contributed by atoms with Gasteiger partial charge in [-0.2, -0.15) is 13.2 Å². The van der Waals surface area contributed by atoms with E-state index in [1.165, 1.54) is 0 Å². The summed E-state index contributed by atoms with van der Waals surface area (Å²) in [4.78, 5) is 13.2. The van der Waals surface area contributed by atoms with Crippen molar-refractivity contribution in [2.75, 3.05) is 13.1 Å². The van der Waals surface area contributed by atoms with E-state index in [0.29, 0.717) is 6.42 Å². The Labute approximate surface area is 112 Å². The molecule has 0 aromatic carbocycles. The van der Waals surface area contributed by atoms with Gasteiger partial charge in [-0.05, 0) is 18.8 Å². The topological polar surface area (TPSA) is 46.3 Å². The van der Waals surface area contributed by atoms with Gasteiger partial charge in [-0.15, -0.1) is 0 Å². The molecule has 112 valence electrons. The molecule has 0 heterocycles. The number of rotatable bonds is 4. The van der Waals surface area contributed by atoms with Crippen molar-refractivity contribution in [3.63, 3.8) is 0 Å². The second-order valence-electron chi connectivity index (χ2n) is 5.78. The van der Waals surface area contributed by atoms with Crippen LogP contribution in [-0.4, -0.2) is 36.1 Å². The summed E-state index contributed by atoms with van der Waals surface area (Å²) >= 11 is 0. The first-order chi connectivity index (χ1) is 8.70. The lowest BCUT2D eigenvalue weighted by Crippen LogP contribution is -2.49. The molecular weight excluding hydrogens is 257 g/mol. The number of carbonyl (C=O) groups is 1. The molecule has 0 saturated heterocycles. The van der Waals surface area contributed by atoms with E-state index >= 15 is 0 Å². The molecule has 1 aliphatic carbocycles. The van der Waals surface area contributed by atoms with E-state index in [0.717, 1.165) is 24.2 Å². The number of nitrogens with two attached hydrogens (primary N) is 1. The fourth-order valence-corrected chi connectivity index (χ4v) is 2.59. The summed E-state index contributed by atoms with van der Waals surface area (Å²) in [5.74, 6) is -0.876. The summed E-state index contributed by atoms with van der Waals surface area (Å²) in [5.41, 5.74) is 5.88. The van der Waals surface area contributed by atoms with Crippen LogP contribution < -0.4 is 5.73 Å². The van der Waals surface area contributed by atoms with E-state index < -0.39 is 24.5 Å². The first-order valence-corrected chi connectivity index (χ1v) is 6.82. The van der Waals surface area contributed by atoms with Gasteiger partial charge >= 0.3 is 6.18 Å². The van der Waals surface area contributed by atoms with Crippen molar-refractivity contribution in [3.8, 4) is 0 Å². The highest BCUT2D eigenvalue weighted by atomic mass is 19.4. The van der Waals surface area contributed by atoms with Crippen molar-refractivity contribution in [1.29, 1.82) is 0 Å². The summed E-state index contributed by atoms with van der Waals surface area (Å²) in [6, 6.07) is -0.302. The van der Waals surface area contributed by atoms with Gasteiger partial charge in [0.25, 0.3) is 0 Å². The van der Waals surface area contributed by atoms with Crippen molar-refractivity contribution in [1.82, 2.24) is 4.90 Å². The van der Waals surface area contributed by atoms with E-state index in [9.17, 15) is 18.0 Å². The molecule has 1 amide bonds. The van der Waals surface area contributed by atoms with Gasteiger partial charge in [-0.25, -0.2) is 0 Å². The first kappa shape index (κ1) is 16.3. The van der Waals surface area contributed by atoms with Crippen molar-refractivity contribution in [2.24, 2.45) is 17.6 Å². The van der Waals surface area contributed by atoms with E-state index in [1.54, 1.807) is 13.8 Å². The fourth-order valence-electron chi connectivity index (χ4n) is 2.59. The summed E-state index contributed by atoms with van der Waals surface area (Å²) in [6.45, 7) is 2.56. The van der Waals surface area contributed by atoms with Crippen LogP contribution in [0.25, 0.3) is 0 Å². The van der Waals surface area contributed by atoms with Gasteiger partial charge in [0.05, 0.1) is 5.92 Å². The second-order valence-corrected chi connectivity index (χ2v) is 5.78. The molecule has 1 aliphatic rings. The summed E-state index contributed by atoms with van der Waals surface area (Å²) in [5, 5.41) is 0. The highest BCUT2D eigenvalue weighted by molar-refractivity contribution is 5.79. The maximum atomic E-state index is 12.6. The lowest BCUT2D eigenvalue weighted by Gasteiger charge is -2.34. The van der Waals surface area contributed by atoms with Crippen molar-refractivity contribution in [2.45, 2.75) is 51.7 Å². The SMILES string of the molecule is CC(C)CN(CC(F)(F)F)C(=O)C1CCCCC1N. The molecule has 6 heteroatoms. The average Bonchev–Trinajstić information content (AvgIpc) is 2.25. The minimum atomic E-state index is -4.36. The van der Waals surface area contributed by atoms with Crippen LogP contribution in [0.1, 0.15) is 39.5 Å². The number of halogens is 3. The molecule has 1 saturated carbocycles. The number of hydrogen-bond donors (Lipinski definition) is 1. The average molecular weight is 280 g/mol. The van der Waals surface area contributed by atoms with Crippen LogP contribution in [0.15, 0.2) is 0 Å². The maximum Gasteiger partial charge on any atom is 0.406 e. The van der Waals surface area contributed by atoms with E-state index in [2.05, 4.69) is 0 Å². The Balaban J connectivity index is 2.74. The monoisotopic (exact) mass is 280 g/mol. The van der Waals surface area contributed by atoms with Gasteiger partial charge in [-0.1, -0.05) is 26.7 Å². The zero-order chi connectivity index (χ0) is 14.6. The zero-order valence-corrected chi connectivity index (χ0v) is 11.5. The molecule has 0 aromatic rings. The Morgan fingerprint density at radius 2 is 1.89 bits per heavy atom. The van der Waals surface area contributed by atoms with Crippen LogP contribution in [0.4, 0.5) is 13.2 Å². The van der Waals surface area contributed by atoms with Gasteiger partial charge in [0.1, 0.15) is 6.54 Å². The van der Waals surface area contributed by atoms with Gasteiger partial charge in [0.15, 0.2) is 0 Å². The lowest BCUT2D eigenvalue weighted by atomic mass is 9.84. The Kier molecular flexibility index (Phi) is 5.64. The molecule has 0 spiro atoms. The summed E-state index contributed by atoms with van der Waals surface area (Å²) in [7, 11) is 0. The third kappa shape index (κ3) is 5.38. The summed E-state index contributed by atoms with van der Waals surface area (Å²) in [6.07, 6.45) is -1.21.